The van der Waals surface area contributed by atoms with Crippen LogP contribution in [0.2, 0.25) is 0 Å². The fourth-order valence-electron chi connectivity index (χ4n) is 0.0248. The summed E-state index contributed by atoms with van der Waals surface area (Å²) in [5.74, 6) is 8.38. The summed E-state index contributed by atoms with van der Waals surface area (Å²) < 4.78 is 0. The Bertz CT molecular complexity index is 103. The second-order valence-corrected chi connectivity index (χ2v) is 0.583. The second-order valence-electron chi connectivity index (χ2n) is 0.583. The van der Waals surface area contributed by atoms with Crippen molar-refractivity contribution in [3.63, 3.8) is 0 Å². The fourth-order valence-corrected chi connectivity index (χ4v) is 0.0248. The van der Waals surface area contributed by atoms with Gasteiger partial charge in [0, 0.05) is 21.1 Å². The van der Waals surface area contributed by atoms with Crippen molar-refractivity contribution in [1.82, 2.24) is 0 Å². The van der Waals surface area contributed by atoms with Crippen molar-refractivity contribution in [3.8, 4) is 0 Å². The fraction of sp³-hybridized carbons (Fsp3) is 0. The van der Waals surface area contributed by atoms with Crippen molar-refractivity contribution in [2.24, 2.45) is 22.5 Å². The van der Waals surface area contributed by atoms with Gasteiger partial charge >= 0.3 is 5.09 Å². The van der Waals surface area contributed by atoms with Crippen molar-refractivity contribution in [2.45, 2.75) is 0 Å². The summed E-state index contributed by atoms with van der Waals surface area (Å²) in [6.45, 7) is 0. The molecule has 0 aromatic heterocycles. The summed E-state index contributed by atoms with van der Waals surface area (Å²) in [6, 6.07) is 0. The molecule has 0 aliphatic heterocycles. The summed E-state index contributed by atoms with van der Waals surface area (Å²) in [6.07, 6.45) is 0. The maximum atomic E-state index is 9.40. The van der Waals surface area contributed by atoms with Crippen molar-refractivity contribution in [1.29, 1.82) is 0 Å². The molecule has 0 saturated carbocycles. The molecule has 13 heteroatoms. The van der Waals surface area contributed by atoms with Gasteiger partial charge in [-0.2, -0.15) is 0 Å². The summed E-state index contributed by atoms with van der Waals surface area (Å²) >= 11 is 0. The minimum atomic E-state index is -0.444. The Labute approximate surface area is 84.3 Å². The zero-order chi connectivity index (χ0) is 10.4. The minimum Gasteiger partial charge on any atom is -0.444 e. The molecule has 0 spiro atoms. The van der Waals surface area contributed by atoms with Crippen LogP contribution in [0.25, 0.3) is 0 Å². The van der Waals surface area contributed by atoms with Gasteiger partial charge in [-0.3, -0.25) is 0 Å². The third-order valence-electron chi connectivity index (χ3n) is 0.172. The molecule has 0 aromatic carbocycles. The van der Waals surface area contributed by atoms with Gasteiger partial charge < -0.3 is 20.2 Å². The van der Waals surface area contributed by atoms with E-state index in [1.165, 1.54) is 0 Å². The first-order chi connectivity index (χ1) is 5.64. The second kappa shape index (κ2) is 31.1. The van der Waals surface area contributed by atoms with E-state index in [1.54, 1.807) is 0 Å². The Balaban J connectivity index is -0.0000000501. The van der Waals surface area contributed by atoms with E-state index < -0.39 is 5.09 Å². The Morgan fingerprint density at radius 3 is 1.23 bits per heavy atom. The number of rotatable bonds is 2. The van der Waals surface area contributed by atoms with Gasteiger partial charge in [0.05, 0.1) is 0 Å². The molecule has 13 heavy (non-hydrogen) atoms. The van der Waals surface area contributed by atoms with Crippen LogP contribution < -0.4 is 11.8 Å². The normalized spacial score (nSPS) is 5.08. The monoisotopic (exact) mass is 381 g/mol. The molecule has 0 fully saturated rings. The zero-order valence-electron chi connectivity index (χ0n) is 5.67. The van der Waals surface area contributed by atoms with E-state index in [-0.39, 0.29) is 21.1 Å². The third-order valence-corrected chi connectivity index (χ3v) is 0.172. The average Bonchev–Trinajstić information content (AvgIpc) is 2.06. The smallest absolute Gasteiger partial charge is 0.444 e. The van der Waals surface area contributed by atoms with Gasteiger partial charge in [-0.25, -0.2) is 0 Å². The largest absolute Gasteiger partial charge is 0.519 e. The van der Waals surface area contributed by atoms with E-state index in [0.717, 1.165) is 10.7 Å². The van der Waals surface area contributed by atoms with Gasteiger partial charge in [-0.15, -0.1) is 10.7 Å². The maximum Gasteiger partial charge on any atom is 0.519 e. The van der Waals surface area contributed by atoms with E-state index in [9.17, 15) is 4.91 Å². The molecule has 0 bridgehead atoms. The number of hydrogen-bond donors (Lipinski definition) is 2. The molecule has 0 aromatic rings. The van der Waals surface area contributed by atoms with E-state index in [1.807, 2.05) is 0 Å². The molecular weight excluding hydrogens is 377 g/mol. The van der Waals surface area contributed by atoms with Crippen LogP contribution in [0.5, 0.6) is 0 Å². The van der Waals surface area contributed by atoms with Gasteiger partial charge in [-0.1, -0.05) is 21.7 Å². The molecule has 0 amide bonds. The van der Waals surface area contributed by atoms with Crippen molar-refractivity contribution in [2.75, 3.05) is 0 Å². The van der Waals surface area contributed by atoms with Crippen molar-refractivity contribution >= 4 is 0 Å². The number of nitrogens with zero attached hydrogens (tertiary/aromatic N) is 3. The SMILES string of the molecule is NO[N+](=O)ON.O=N[O-].O=N[O-].[Pt]. The molecule has 0 atom stereocenters. The van der Waals surface area contributed by atoms with Crippen LogP contribution >= 0.6 is 0 Å². The molecule has 0 rings (SSSR count). The Morgan fingerprint density at radius 2 is 1.23 bits per heavy atom. The molecule has 0 heterocycles. The van der Waals surface area contributed by atoms with E-state index in [4.69, 9.17) is 20.2 Å². The first-order valence-corrected chi connectivity index (χ1v) is 1.75. The molecule has 0 aliphatic carbocycles. The van der Waals surface area contributed by atoms with Crippen LogP contribution in [0.15, 0.2) is 10.7 Å². The molecule has 4 N–H and O–H groups in total. The molecule has 12 nitrogen and oxygen atoms in total. The summed E-state index contributed by atoms with van der Waals surface area (Å²) in [5, 5.41) is 17.6. The van der Waals surface area contributed by atoms with E-state index in [0.29, 0.717) is 0 Å². The van der Waals surface area contributed by atoms with Gasteiger partial charge in [0.1, 0.15) is 4.91 Å². The zero-order valence-corrected chi connectivity index (χ0v) is 7.94. The number of nitrogens with two attached hydrogens (primary N) is 2. The topological polar surface area (TPSA) is 196 Å². The van der Waals surface area contributed by atoms with E-state index in [2.05, 4.69) is 21.7 Å². The predicted octanol–water partition coefficient (Wildman–Crippen LogP) is -1.13. The van der Waals surface area contributed by atoms with Crippen molar-refractivity contribution < 1.29 is 36.0 Å². The van der Waals surface area contributed by atoms with Gasteiger partial charge in [-0.05, 0) is 0 Å². The summed E-state index contributed by atoms with van der Waals surface area (Å²) in [7, 11) is 0. The van der Waals surface area contributed by atoms with Crippen LogP contribution in [-0.4, -0.2) is 5.09 Å². The Hall–Kier alpha value is -1.39. The quantitative estimate of drug-likeness (QED) is 0.439. The maximum absolute atomic E-state index is 9.40. The van der Waals surface area contributed by atoms with Crippen LogP contribution in [-0.2, 0) is 30.9 Å². The molecule has 0 radical (unpaired) electrons. The van der Waals surface area contributed by atoms with Crippen LogP contribution in [0.1, 0.15) is 0 Å². The Morgan fingerprint density at radius 1 is 1.08 bits per heavy atom. The van der Waals surface area contributed by atoms with Crippen LogP contribution in [0.4, 0.5) is 0 Å². The molecule has 0 unspecified atom stereocenters. The van der Waals surface area contributed by atoms with Crippen LogP contribution in [0.3, 0.4) is 0 Å². The van der Waals surface area contributed by atoms with E-state index >= 15 is 0 Å². The first-order valence-electron chi connectivity index (χ1n) is 1.75. The van der Waals surface area contributed by atoms with Gasteiger partial charge in [0.25, 0.3) is 0 Å². The molecule has 82 valence electrons. The van der Waals surface area contributed by atoms with Crippen LogP contribution in [0, 0.1) is 25.1 Å². The molecule has 0 aliphatic rings. The van der Waals surface area contributed by atoms with Gasteiger partial charge in [0.2, 0.25) is 0 Å². The summed E-state index contributed by atoms with van der Waals surface area (Å²) in [5.41, 5.74) is 0. The third kappa shape index (κ3) is 116. The molecular formula is H4N5O7Pt-. The Kier molecular flexibility index (Phi) is 54.1. The average molecular weight is 381 g/mol. The van der Waals surface area contributed by atoms with Crippen molar-refractivity contribution in [3.05, 3.63) is 25.1 Å². The van der Waals surface area contributed by atoms with Gasteiger partial charge in [0.15, 0.2) is 0 Å². The number of hydrogen-bond acceptors (Lipinski definition) is 11. The first kappa shape index (κ1) is 22.6. The molecule has 0 saturated heterocycles. The summed E-state index contributed by atoms with van der Waals surface area (Å²) in [4.78, 5) is 32.1. The minimum absolute atomic E-state index is 0. The predicted molar refractivity (Wildman–Crippen MR) is 32.5 cm³/mol. The standard InChI is InChI=1S/H4N3O3.2HNO2.Pt/c1-5-3(4)6-2;2*2-1-3;/h1-2H2;2*(H,2,3);/q+1;;;/p-2.